The Balaban J connectivity index is 1.55. The maximum Gasteiger partial charge on any atom is 0.240 e. The molecule has 1 aliphatic heterocycles. The Morgan fingerprint density at radius 1 is 1.18 bits per heavy atom. The quantitative estimate of drug-likeness (QED) is 0.728. The second kappa shape index (κ2) is 7.93. The molecule has 0 saturated carbocycles. The maximum absolute atomic E-state index is 5.45. The third kappa shape index (κ3) is 3.68. The minimum atomic E-state index is 0.475. The van der Waals surface area contributed by atoms with Gasteiger partial charge in [0.05, 0.1) is 12.8 Å². The lowest BCUT2D eigenvalue weighted by atomic mass is 9.99. The van der Waals surface area contributed by atoms with E-state index in [0.29, 0.717) is 29.4 Å². The Bertz CT molecular complexity index is 911. The van der Waals surface area contributed by atoms with Gasteiger partial charge >= 0.3 is 0 Å². The van der Waals surface area contributed by atoms with Crippen molar-refractivity contribution < 1.29 is 4.74 Å². The summed E-state index contributed by atoms with van der Waals surface area (Å²) in [4.78, 5) is 6.81. The number of pyridine rings is 1. The number of piperidine rings is 1. The summed E-state index contributed by atoms with van der Waals surface area (Å²) in [6, 6.07) is 10.6. The summed E-state index contributed by atoms with van der Waals surface area (Å²) in [5.41, 5.74) is 2.20. The van der Waals surface area contributed by atoms with Gasteiger partial charge in [-0.2, -0.15) is 5.10 Å². The molecule has 0 spiro atoms. The van der Waals surface area contributed by atoms with E-state index in [2.05, 4.69) is 44.5 Å². The van der Waals surface area contributed by atoms with E-state index in [1.807, 2.05) is 36.5 Å². The first kappa shape index (κ1) is 18.4. The molecule has 1 fully saturated rings. The highest BCUT2D eigenvalue weighted by Gasteiger charge is 2.23. The molecule has 0 amide bonds. The Hall–Kier alpha value is -3.00. The van der Waals surface area contributed by atoms with Gasteiger partial charge in [0.1, 0.15) is 11.4 Å². The zero-order chi connectivity index (χ0) is 19.5. The van der Waals surface area contributed by atoms with E-state index in [-0.39, 0.29) is 0 Å². The highest BCUT2D eigenvalue weighted by Crippen LogP contribution is 2.25. The molecule has 1 N–H and O–H groups in total. The second-order valence-corrected chi connectivity index (χ2v) is 7.10. The number of hydrogen-bond donors (Lipinski definition) is 1. The predicted octanol–water partition coefficient (Wildman–Crippen LogP) is 2.31. The van der Waals surface area contributed by atoms with Crippen LogP contribution in [-0.4, -0.2) is 57.7 Å². The largest absolute Gasteiger partial charge is 0.479 e. The van der Waals surface area contributed by atoms with Crippen molar-refractivity contribution in [3.63, 3.8) is 0 Å². The molecule has 4 rings (SSSR count). The average molecular weight is 379 g/mol. The summed E-state index contributed by atoms with van der Waals surface area (Å²) >= 11 is 0. The Kier molecular flexibility index (Phi) is 5.21. The average Bonchev–Trinajstić information content (AvgIpc) is 3.27. The van der Waals surface area contributed by atoms with Crippen LogP contribution in [0.2, 0.25) is 0 Å². The molecule has 2 atom stereocenters. The molecule has 3 aromatic heterocycles. The van der Waals surface area contributed by atoms with Gasteiger partial charge in [0.2, 0.25) is 5.88 Å². The van der Waals surface area contributed by atoms with Crippen LogP contribution >= 0.6 is 0 Å². The highest BCUT2D eigenvalue weighted by atomic mass is 16.5. The van der Waals surface area contributed by atoms with Gasteiger partial charge < -0.3 is 15.0 Å². The van der Waals surface area contributed by atoms with Crippen molar-refractivity contribution in [3.05, 3.63) is 42.7 Å². The molecule has 1 saturated heterocycles. The molecule has 146 valence electrons. The number of nitrogens with zero attached hydrogens (tertiary/aromatic N) is 6. The van der Waals surface area contributed by atoms with Crippen LogP contribution in [0, 0.1) is 0 Å². The standard InChI is InChI=1S/C20H25N7O/c1-14-13-15(9-11-21-14)26(2)19-8-6-17(24-25-19)16-5-7-18(20(23-16)28-3)27-12-4-10-22-27/h4-8,10,12,14-15,21H,9,11,13H2,1-3H3/t14-,15-/m1/s1. The number of hydrogen-bond acceptors (Lipinski definition) is 7. The first-order chi connectivity index (χ1) is 13.7. The van der Waals surface area contributed by atoms with Crippen LogP contribution in [0.3, 0.4) is 0 Å². The minimum absolute atomic E-state index is 0.475. The van der Waals surface area contributed by atoms with E-state index in [9.17, 15) is 0 Å². The fourth-order valence-corrected chi connectivity index (χ4v) is 3.61. The van der Waals surface area contributed by atoms with Crippen molar-refractivity contribution >= 4 is 5.82 Å². The van der Waals surface area contributed by atoms with E-state index in [0.717, 1.165) is 30.9 Å². The van der Waals surface area contributed by atoms with Gasteiger partial charge in [-0.15, -0.1) is 10.2 Å². The third-order valence-electron chi connectivity index (χ3n) is 5.20. The van der Waals surface area contributed by atoms with Crippen LogP contribution in [0.1, 0.15) is 19.8 Å². The fourth-order valence-electron chi connectivity index (χ4n) is 3.61. The number of ether oxygens (including phenoxy) is 1. The third-order valence-corrected chi connectivity index (χ3v) is 5.20. The highest BCUT2D eigenvalue weighted by molar-refractivity contribution is 5.59. The number of aromatic nitrogens is 5. The second-order valence-electron chi connectivity index (χ2n) is 7.10. The van der Waals surface area contributed by atoms with Gasteiger partial charge in [0, 0.05) is 31.5 Å². The zero-order valence-corrected chi connectivity index (χ0v) is 16.4. The molecule has 1 aliphatic rings. The summed E-state index contributed by atoms with van der Waals surface area (Å²) in [5.74, 6) is 1.37. The smallest absolute Gasteiger partial charge is 0.240 e. The summed E-state index contributed by atoms with van der Waals surface area (Å²) < 4.78 is 7.17. The molecule has 0 aromatic carbocycles. The van der Waals surface area contributed by atoms with Gasteiger partial charge in [0.25, 0.3) is 0 Å². The van der Waals surface area contributed by atoms with Crippen molar-refractivity contribution in [1.82, 2.24) is 30.3 Å². The molecule has 4 heterocycles. The Labute approximate surface area is 164 Å². The predicted molar refractivity (Wildman–Crippen MR) is 108 cm³/mol. The summed E-state index contributed by atoms with van der Waals surface area (Å²) in [6.07, 6.45) is 5.79. The van der Waals surface area contributed by atoms with Crippen LogP contribution < -0.4 is 15.0 Å². The Morgan fingerprint density at radius 3 is 2.71 bits per heavy atom. The van der Waals surface area contributed by atoms with Gasteiger partial charge in [-0.1, -0.05) is 0 Å². The van der Waals surface area contributed by atoms with E-state index < -0.39 is 0 Å². The molecule has 28 heavy (non-hydrogen) atoms. The van der Waals surface area contributed by atoms with Crippen LogP contribution in [0.25, 0.3) is 17.1 Å². The normalized spacial score (nSPS) is 19.4. The zero-order valence-electron chi connectivity index (χ0n) is 16.4. The topological polar surface area (TPSA) is 81.0 Å². The SMILES string of the molecule is COc1nc(-c2ccc(N(C)[C@@H]3CCN[C@H](C)C3)nn2)ccc1-n1cccn1. The number of methoxy groups -OCH3 is 1. The van der Waals surface area contributed by atoms with E-state index in [1.165, 1.54) is 0 Å². The van der Waals surface area contributed by atoms with Crippen LogP contribution in [0.5, 0.6) is 5.88 Å². The van der Waals surface area contributed by atoms with Gasteiger partial charge in [-0.3, -0.25) is 0 Å². The lowest BCUT2D eigenvalue weighted by Gasteiger charge is -2.35. The number of anilines is 1. The van der Waals surface area contributed by atoms with Crippen molar-refractivity contribution in [3.8, 4) is 23.0 Å². The number of nitrogens with one attached hydrogen (secondary N) is 1. The Morgan fingerprint density at radius 2 is 2.04 bits per heavy atom. The van der Waals surface area contributed by atoms with Crippen LogP contribution in [0.15, 0.2) is 42.7 Å². The summed E-state index contributed by atoms with van der Waals surface area (Å²) in [7, 11) is 3.69. The first-order valence-electron chi connectivity index (χ1n) is 9.51. The lowest BCUT2D eigenvalue weighted by molar-refractivity contribution is 0.370. The lowest BCUT2D eigenvalue weighted by Crippen LogP contribution is -2.45. The molecule has 0 bridgehead atoms. The first-order valence-corrected chi connectivity index (χ1v) is 9.51. The van der Waals surface area contributed by atoms with E-state index >= 15 is 0 Å². The minimum Gasteiger partial charge on any atom is -0.479 e. The van der Waals surface area contributed by atoms with Gasteiger partial charge in [0.15, 0.2) is 5.82 Å². The van der Waals surface area contributed by atoms with Crippen molar-refractivity contribution in [2.75, 3.05) is 25.6 Å². The van der Waals surface area contributed by atoms with Gasteiger partial charge in [-0.05, 0) is 56.6 Å². The molecule has 0 unspecified atom stereocenters. The van der Waals surface area contributed by atoms with Crippen molar-refractivity contribution in [2.45, 2.75) is 31.8 Å². The van der Waals surface area contributed by atoms with Crippen LogP contribution in [0.4, 0.5) is 5.82 Å². The summed E-state index contributed by atoms with van der Waals surface area (Å²) in [6.45, 7) is 3.26. The molecular weight excluding hydrogens is 354 g/mol. The number of rotatable bonds is 5. The fraction of sp³-hybridized carbons (Fsp3) is 0.400. The van der Waals surface area contributed by atoms with Crippen molar-refractivity contribution in [2.24, 2.45) is 0 Å². The molecule has 8 nitrogen and oxygen atoms in total. The molecule has 0 radical (unpaired) electrons. The molecule has 0 aliphatic carbocycles. The van der Waals surface area contributed by atoms with E-state index in [4.69, 9.17) is 4.74 Å². The summed E-state index contributed by atoms with van der Waals surface area (Å²) in [5, 5.41) is 16.6. The molecular formula is C20H25N7O. The molecule has 8 heteroatoms. The maximum atomic E-state index is 5.45. The van der Waals surface area contributed by atoms with E-state index in [1.54, 1.807) is 18.0 Å². The van der Waals surface area contributed by atoms with Crippen molar-refractivity contribution in [1.29, 1.82) is 0 Å². The van der Waals surface area contributed by atoms with Crippen LogP contribution in [-0.2, 0) is 0 Å². The monoisotopic (exact) mass is 379 g/mol. The van der Waals surface area contributed by atoms with Gasteiger partial charge in [-0.25, -0.2) is 9.67 Å². The molecule has 3 aromatic rings.